The minimum absolute atomic E-state index is 0.0598. The van der Waals surface area contributed by atoms with Gasteiger partial charge in [0.2, 0.25) is 0 Å². The van der Waals surface area contributed by atoms with E-state index in [1.807, 2.05) is 0 Å². The molecule has 0 saturated heterocycles. The quantitative estimate of drug-likeness (QED) is 0.544. The van der Waals surface area contributed by atoms with E-state index in [2.05, 4.69) is 23.6 Å². The van der Waals surface area contributed by atoms with Crippen LogP contribution < -0.4 is 0 Å². The van der Waals surface area contributed by atoms with Gasteiger partial charge in [-0.05, 0) is 36.5 Å². The van der Waals surface area contributed by atoms with E-state index in [0.717, 1.165) is 25.2 Å². The summed E-state index contributed by atoms with van der Waals surface area (Å²) in [6, 6.07) is 0. The Morgan fingerprint density at radius 1 is 1.36 bits per heavy atom. The maximum absolute atomic E-state index is 9.01. The molecule has 3 atom stereocenters. The van der Waals surface area contributed by atoms with Crippen LogP contribution in [0.1, 0.15) is 33.1 Å². The molecule has 2 N–H and O–H groups in total. The highest BCUT2D eigenvalue weighted by Crippen LogP contribution is 2.63. The summed E-state index contributed by atoms with van der Waals surface area (Å²) < 4.78 is 0. The largest absolute Gasteiger partial charge is 0.252 e. The first kappa shape index (κ1) is 10.4. The number of hydrogen-bond donors (Lipinski definition) is 2. The van der Waals surface area contributed by atoms with Crippen LogP contribution in [0.5, 0.6) is 0 Å². The molecule has 14 heavy (non-hydrogen) atoms. The van der Waals surface area contributed by atoms with Gasteiger partial charge in [0, 0.05) is 0 Å². The van der Waals surface area contributed by atoms with E-state index in [-0.39, 0.29) is 17.9 Å². The van der Waals surface area contributed by atoms with Crippen LogP contribution in [-0.2, 0) is 9.78 Å². The zero-order valence-electron chi connectivity index (χ0n) is 8.69. The van der Waals surface area contributed by atoms with Crippen LogP contribution >= 0.6 is 0 Å². The summed E-state index contributed by atoms with van der Waals surface area (Å²) in [6.07, 6.45) is 2.87. The third kappa shape index (κ3) is 1.15. The average molecular weight is 202 g/mol. The van der Waals surface area contributed by atoms with E-state index in [0.29, 0.717) is 0 Å². The molecule has 2 bridgehead atoms. The van der Waals surface area contributed by atoms with Gasteiger partial charge in [0.15, 0.2) is 0 Å². The Morgan fingerprint density at radius 2 is 2.07 bits per heavy atom. The molecule has 0 aromatic carbocycles. The van der Waals surface area contributed by atoms with Gasteiger partial charge in [-0.15, -0.1) is 0 Å². The first-order valence-corrected chi connectivity index (χ1v) is 5.16. The second-order valence-electron chi connectivity index (χ2n) is 5.27. The fraction of sp³-hybridized carbons (Fsp3) is 1.00. The van der Waals surface area contributed by atoms with E-state index >= 15 is 0 Å². The highest BCUT2D eigenvalue weighted by atomic mass is 17.1. The summed E-state index contributed by atoms with van der Waals surface area (Å²) in [5.74, 6) is 1.01. The zero-order valence-corrected chi connectivity index (χ0v) is 8.69. The van der Waals surface area contributed by atoms with Crippen LogP contribution in [0.4, 0.5) is 0 Å². The monoisotopic (exact) mass is 202 g/mol. The fourth-order valence-corrected chi connectivity index (χ4v) is 3.41. The molecular formula is C10H18O4. The van der Waals surface area contributed by atoms with Gasteiger partial charge in [-0.3, -0.25) is 10.5 Å². The second kappa shape index (κ2) is 3.17. The van der Waals surface area contributed by atoms with Crippen LogP contribution in [0, 0.1) is 17.3 Å². The molecule has 0 aromatic rings. The minimum Gasteiger partial charge on any atom is -0.252 e. The van der Waals surface area contributed by atoms with Crippen molar-refractivity contribution in [1.82, 2.24) is 0 Å². The predicted octanol–water partition coefficient (Wildman–Crippen LogP) is 2.16. The standard InChI is InChI=1S/C10H18O4/c1-9(2)7-3-4-10(14-12,6-13-11)8(9)5-7/h7-8,11-12H,3-6H2,1-2H3. The lowest BCUT2D eigenvalue weighted by Crippen LogP contribution is -2.63. The van der Waals surface area contributed by atoms with Crippen molar-refractivity contribution >= 4 is 0 Å². The van der Waals surface area contributed by atoms with Gasteiger partial charge in [0.1, 0.15) is 12.2 Å². The number of fused-ring (bicyclic) bond motifs is 2. The molecule has 0 aromatic heterocycles. The smallest absolute Gasteiger partial charge is 0.133 e. The van der Waals surface area contributed by atoms with Gasteiger partial charge < -0.3 is 0 Å². The molecule has 4 heteroatoms. The predicted molar refractivity (Wildman–Crippen MR) is 49.6 cm³/mol. The molecule has 82 valence electrons. The average Bonchev–Trinajstić information content (AvgIpc) is 2.18. The van der Waals surface area contributed by atoms with Gasteiger partial charge in [-0.1, -0.05) is 13.8 Å². The maximum atomic E-state index is 9.01. The Labute approximate surface area is 83.7 Å². The summed E-state index contributed by atoms with van der Waals surface area (Å²) in [5.41, 5.74) is -0.494. The van der Waals surface area contributed by atoms with E-state index in [1.165, 1.54) is 0 Å². The first-order valence-electron chi connectivity index (χ1n) is 5.16. The molecule has 3 rings (SSSR count). The maximum Gasteiger partial charge on any atom is 0.133 e. The van der Waals surface area contributed by atoms with Crippen molar-refractivity contribution in [2.45, 2.75) is 38.7 Å². The molecule has 3 fully saturated rings. The normalized spacial score (nSPS) is 44.6. The van der Waals surface area contributed by atoms with Crippen molar-refractivity contribution in [3.05, 3.63) is 0 Å². The SMILES string of the molecule is CC1(C)C2CCC(COO)(OO)C1C2. The van der Waals surface area contributed by atoms with Crippen molar-refractivity contribution in [2.24, 2.45) is 17.3 Å². The first-order chi connectivity index (χ1) is 6.57. The molecule has 0 aliphatic heterocycles. The summed E-state index contributed by atoms with van der Waals surface area (Å²) in [5, 5.41) is 17.5. The molecular weight excluding hydrogens is 184 g/mol. The second-order valence-corrected chi connectivity index (χ2v) is 5.27. The molecule has 0 heterocycles. The summed E-state index contributed by atoms with van der Waals surface area (Å²) in [4.78, 5) is 8.80. The molecule has 3 unspecified atom stereocenters. The summed E-state index contributed by atoms with van der Waals surface area (Å²) >= 11 is 0. The van der Waals surface area contributed by atoms with Crippen LogP contribution in [-0.4, -0.2) is 22.7 Å². The lowest BCUT2D eigenvalue weighted by atomic mass is 9.44. The van der Waals surface area contributed by atoms with Crippen LogP contribution in [0.25, 0.3) is 0 Å². The van der Waals surface area contributed by atoms with Crippen LogP contribution in [0.15, 0.2) is 0 Å². The Bertz CT molecular complexity index is 222. The lowest BCUT2D eigenvalue weighted by Gasteiger charge is -2.63. The topological polar surface area (TPSA) is 58.9 Å². The van der Waals surface area contributed by atoms with Crippen molar-refractivity contribution in [3.8, 4) is 0 Å². The third-order valence-electron chi connectivity index (χ3n) is 4.51. The lowest BCUT2D eigenvalue weighted by molar-refractivity contribution is -0.409. The van der Waals surface area contributed by atoms with Crippen molar-refractivity contribution < 1.29 is 20.3 Å². The van der Waals surface area contributed by atoms with E-state index in [9.17, 15) is 0 Å². The third-order valence-corrected chi connectivity index (χ3v) is 4.51. The number of rotatable bonds is 3. The Kier molecular flexibility index (Phi) is 2.34. The van der Waals surface area contributed by atoms with E-state index < -0.39 is 5.60 Å². The molecule has 3 aliphatic carbocycles. The fourth-order valence-electron chi connectivity index (χ4n) is 3.41. The summed E-state index contributed by atoms with van der Waals surface area (Å²) in [7, 11) is 0. The molecule has 3 saturated carbocycles. The van der Waals surface area contributed by atoms with Crippen molar-refractivity contribution in [2.75, 3.05) is 6.61 Å². The highest BCUT2D eigenvalue weighted by molar-refractivity contribution is 5.10. The van der Waals surface area contributed by atoms with Gasteiger partial charge in [0.05, 0.1) is 0 Å². The van der Waals surface area contributed by atoms with Gasteiger partial charge in [0.25, 0.3) is 0 Å². The molecule has 0 radical (unpaired) electrons. The Hall–Kier alpha value is -0.160. The molecule has 4 nitrogen and oxygen atoms in total. The van der Waals surface area contributed by atoms with Gasteiger partial charge in [-0.25, -0.2) is 9.78 Å². The Balaban J connectivity index is 2.18. The van der Waals surface area contributed by atoms with Crippen LogP contribution in [0.2, 0.25) is 0 Å². The Morgan fingerprint density at radius 3 is 2.50 bits per heavy atom. The minimum atomic E-state index is -0.687. The zero-order chi connectivity index (χ0) is 10.4. The van der Waals surface area contributed by atoms with E-state index in [4.69, 9.17) is 10.5 Å². The van der Waals surface area contributed by atoms with Gasteiger partial charge in [-0.2, -0.15) is 0 Å². The number of hydrogen-bond acceptors (Lipinski definition) is 4. The van der Waals surface area contributed by atoms with E-state index in [1.54, 1.807) is 0 Å². The van der Waals surface area contributed by atoms with Gasteiger partial charge >= 0.3 is 0 Å². The van der Waals surface area contributed by atoms with Crippen molar-refractivity contribution in [1.29, 1.82) is 0 Å². The summed E-state index contributed by atoms with van der Waals surface area (Å²) in [6.45, 7) is 4.44. The highest BCUT2D eigenvalue weighted by Gasteiger charge is 2.62. The van der Waals surface area contributed by atoms with Crippen LogP contribution in [0.3, 0.4) is 0 Å². The van der Waals surface area contributed by atoms with Crippen molar-refractivity contribution in [3.63, 3.8) is 0 Å². The molecule has 0 amide bonds. The molecule has 0 spiro atoms. The molecule has 3 aliphatic rings.